The van der Waals surface area contributed by atoms with Crippen LogP contribution in [-0.4, -0.2) is 111 Å². The van der Waals surface area contributed by atoms with Gasteiger partial charge in [0.15, 0.2) is 0 Å². The molecule has 2 fully saturated rings. The number of aliphatic hydroxyl groups excluding tert-OH is 2. The summed E-state index contributed by atoms with van der Waals surface area (Å²) in [6.45, 7) is 12.9. The van der Waals surface area contributed by atoms with E-state index in [0.717, 1.165) is 62.4 Å². The first-order valence-corrected chi connectivity index (χ1v) is 16.2. The Morgan fingerprint density at radius 3 is 1.32 bits per heavy atom. The lowest BCUT2D eigenvalue weighted by Crippen LogP contribution is -2.49. The van der Waals surface area contributed by atoms with Gasteiger partial charge in [-0.25, -0.2) is 0 Å². The molecule has 0 aromatic heterocycles. The van der Waals surface area contributed by atoms with Crippen LogP contribution in [0, 0.1) is 13.8 Å². The normalized spacial score (nSPS) is 17.9. The molecule has 0 radical (unpaired) electrons. The number of anilines is 2. The van der Waals surface area contributed by atoms with Crippen LogP contribution in [0.5, 0.6) is 11.5 Å². The maximum Gasteiger partial charge on any atom is 0.119 e. The monoisotopic (exact) mass is 642 g/mol. The number of benzene rings is 3. The molecule has 44 heavy (non-hydrogen) atoms. The fourth-order valence-electron chi connectivity index (χ4n) is 5.91. The zero-order valence-electron chi connectivity index (χ0n) is 25.7. The van der Waals surface area contributed by atoms with E-state index in [1.165, 1.54) is 22.5 Å². The molecule has 2 heterocycles. The van der Waals surface area contributed by atoms with Gasteiger partial charge >= 0.3 is 0 Å². The smallest absolute Gasteiger partial charge is 0.119 e. The van der Waals surface area contributed by atoms with Gasteiger partial charge in [-0.1, -0.05) is 35.3 Å². The number of ether oxygens (including phenoxy) is 2. The van der Waals surface area contributed by atoms with Crippen LogP contribution in [0.4, 0.5) is 11.4 Å². The molecule has 0 bridgehead atoms. The number of aliphatic hydroxyl groups is 2. The maximum absolute atomic E-state index is 10.6. The van der Waals surface area contributed by atoms with Gasteiger partial charge in [-0.2, -0.15) is 0 Å². The number of nitrogens with zero attached hydrogens (tertiary/aromatic N) is 4. The lowest BCUT2D eigenvalue weighted by molar-refractivity contribution is 0.0650. The van der Waals surface area contributed by atoms with Crippen molar-refractivity contribution in [2.75, 3.05) is 88.5 Å². The summed E-state index contributed by atoms with van der Waals surface area (Å²) in [6.07, 6.45) is -1.17. The third kappa shape index (κ3) is 9.16. The number of halogens is 2. The predicted molar refractivity (Wildman–Crippen MR) is 179 cm³/mol. The lowest BCUT2D eigenvalue weighted by atomic mass is 10.1. The quantitative estimate of drug-likeness (QED) is 0.294. The standard InChI is InChI=1S/C34H44Cl2N4O4/c1-25-3-5-27(35)19-33(25)39-15-11-37(12-16-39)21-29(41)23-43-31-7-9-32(10-8-31)44-24-30(42)22-38-13-17-40(18-14-38)34-20-28(36)6-4-26(34)2/h3-10,19-20,29-30,41-42H,11-18,21-24H2,1-2H3. The second-order valence-corrected chi connectivity index (χ2v) is 12.7. The average Bonchev–Trinajstić information content (AvgIpc) is 3.03. The Kier molecular flexibility index (Phi) is 11.5. The van der Waals surface area contributed by atoms with E-state index in [1.54, 1.807) is 0 Å². The molecule has 2 atom stereocenters. The molecule has 2 aliphatic heterocycles. The van der Waals surface area contributed by atoms with E-state index < -0.39 is 12.2 Å². The molecule has 0 saturated carbocycles. The third-order valence-corrected chi connectivity index (χ3v) is 8.88. The second-order valence-electron chi connectivity index (χ2n) is 11.8. The van der Waals surface area contributed by atoms with Gasteiger partial charge in [-0.3, -0.25) is 9.80 Å². The van der Waals surface area contributed by atoms with Crippen molar-refractivity contribution in [1.29, 1.82) is 0 Å². The number of aryl methyl sites for hydroxylation is 2. The van der Waals surface area contributed by atoms with Crippen molar-refractivity contribution in [1.82, 2.24) is 9.80 Å². The Morgan fingerprint density at radius 1 is 0.591 bits per heavy atom. The molecule has 2 unspecified atom stereocenters. The van der Waals surface area contributed by atoms with Crippen LogP contribution < -0.4 is 19.3 Å². The van der Waals surface area contributed by atoms with E-state index in [-0.39, 0.29) is 13.2 Å². The first-order valence-electron chi connectivity index (χ1n) is 15.4. The van der Waals surface area contributed by atoms with Crippen molar-refractivity contribution in [2.24, 2.45) is 0 Å². The van der Waals surface area contributed by atoms with E-state index in [4.69, 9.17) is 32.7 Å². The zero-order chi connectivity index (χ0) is 31.1. The largest absolute Gasteiger partial charge is 0.491 e. The highest BCUT2D eigenvalue weighted by molar-refractivity contribution is 6.31. The summed E-state index contributed by atoms with van der Waals surface area (Å²) in [4.78, 5) is 9.25. The maximum atomic E-state index is 10.6. The minimum Gasteiger partial charge on any atom is -0.491 e. The number of β-amino-alcohol motifs (C(OH)–C–C–N with tert-alkyl or cyclic N) is 2. The molecule has 2 aliphatic rings. The summed E-state index contributed by atoms with van der Waals surface area (Å²) in [6, 6.07) is 19.3. The molecule has 10 heteroatoms. The minimum absolute atomic E-state index is 0.219. The Morgan fingerprint density at radius 2 is 0.955 bits per heavy atom. The molecular weight excluding hydrogens is 599 g/mol. The van der Waals surface area contributed by atoms with Crippen LogP contribution in [-0.2, 0) is 0 Å². The number of hydrogen-bond donors (Lipinski definition) is 2. The number of hydrogen-bond acceptors (Lipinski definition) is 8. The fraction of sp³-hybridized carbons (Fsp3) is 0.471. The molecule has 3 aromatic rings. The number of piperazine rings is 2. The third-order valence-electron chi connectivity index (χ3n) is 8.41. The van der Waals surface area contributed by atoms with E-state index >= 15 is 0 Å². The highest BCUT2D eigenvalue weighted by Gasteiger charge is 2.22. The molecule has 2 N–H and O–H groups in total. The van der Waals surface area contributed by atoms with E-state index in [1.807, 2.05) is 48.5 Å². The first kappa shape index (κ1) is 32.7. The Hall–Kier alpha value is -2.72. The molecule has 5 rings (SSSR count). The van der Waals surface area contributed by atoms with E-state index in [2.05, 4.69) is 45.6 Å². The SMILES string of the molecule is Cc1ccc(Cl)cc1N1CCN(CC(O)COc2ccc(OCC(O)CN3CCN(c4cc(Cl)ccc4C)CC3)cc2)CC1. The van der Waals surface area contributed by atoms with Crippen molar-refractivity contribution >= 4 is 34.6 Å². The van der Waals surface area contributed by atoms with Gasteiger partial charge in [0, 0.05) is 86.9 Å². The van der Waals surface area contributed by atoms with Gasteiger partial charge in [0.1, 0.15) is 36.9 Å². The van der Waals surface area contributed by atoms with E-state index in [9.17, 15) is 10.2 Å². The highest BCUT2D eigenvalue weighted by atomic mass is 35.5. The molecule has 238 valence electrons. The Labute approximate surface area is 271 Å². The molecule has 2 saturated heterocycles. The molecule has 0 amide bonds. The van der Waals surface area contributed by atoms with Crippen molar-refractivity contribution in [3.8, 4) is 11.5 Å². The molecule has 0 spiro atoms. The second kappa shape index (κ2) is 15.5. The van der Waals surface area contributed by atoms with Crippen LogP contribution in [0.3, 0.4) is 0 Å². The number of rotatable bonds is 12. The van der Waals surface area contributed by atoms with Crippen molar-refractivity contribution in [2.45, 2.75) is 26.1 Å². The van der Waals surface area contributed by atoms with E-state index in [0.29, 0.717) is 24.6 Å². The van der Waals surface area contributed by atoms with Gasteiger partial charge in [0.05, 0.1) is 0 Å². The van der Waals surface area contributed by atoms with Crippen LogP contribution >= 0.6 is 23.2 Å². The molecule has 3 aromatic carbocycles. The van der Waals surface area contributed by atoms with Crippen LogP contribution in [0.15, 0.2) is 60.7 Å². The fourth-order valence-corrected chi connectivity index (χ4v) is 6.24. The molecule has 8 nitrogen and oxygen atoms in total. The summed E-state index contributed by atoms with van der Waals surface area (Å²) >= 11 is 12.4. The predicted octanol–water partition coefficient (Wildman–Crippen LogP) is 4.73. The highest BCUT2D eigenvalue weighted by Crippen LogP contribution is 2.27. The van der Waals surface area contributed by atoms with Crippen LogP contribution in [0.2, 0.25) is 10.0 Å². The summed E-state index contributed by atoms with van der Waals surface area (Å²) in [5.74, 6) is 1.34. The lowest BCUT2D eigenvalue weighted by Gasteiger charge is -2.37. The minimum atomic E-state index is -0.586. The summed E-state index contributed by atoms with van der Waals surface area (Å²) in [7, 11) is 0. The van der Waals surface area contributed by atoms with Gasteiger partial charge < -0.3 is 29.5 Å². The van der Waals surface area contributed by atoms with Crippen LogP contribution in [0.1, 0.15) is 11.1 Å². The van der Waals surface area contributed by atoms with Gasteiger partial charge in [-0.15, -0.1) is 0 Å². The van der Waals surface area contributed by atoms with Gasteiger partial charge in [-0.05, 0) is 73.5 Å². The van der Waals surface area contributed by atoms with Gasteiger partial charge in [0.2, 0.25) is 0 Å². The first-order chi connectivity index (χ1) is 21.2. The summed E-state index contributed by atoms with van der Waals surface area (Å²) < 4.78 is 11.7. The van der Waals surface area contributed by atoms with Crippen molar-refractivity contribution in [3.63, 3.8) is 0 Å². The average molecular weight is 644 g/mol. The zero-order valence-corrected chi connectivity index (χ0v) is 27.2. The molecule has 0 aliphatic carbocycles. The topological polar surface area (TPSA) is 71.9 Å². The van der Waals surface area contributed by atoms with Gasteiger partial charge in [0.25, 0.3) is 0 Å². The Balaban J connectivity index is 0.967. The summed E-state index contributed by atoms with van der Waals surface area (Å²) in [5.41, 5.74) is 4.81. The van der Waals surface area contributed by atoms with Crippen molar-refractivity contribution < 1.29 is 19.7 Å². The molecular formula is C34H44Cl2N4O4. The Bertz CT molecular complexity index is 1240. The van der Waals surface area contributed by atoms with Crippen LogP contribution in [0.25, 0.3) is 0 Å². The summed E-state index contributed by atoms with van der Waals surface area (Å²) in [5, 5.41) is 22.7. The van der Waals surface area contributed by atoms with Crippen molar-refractivity contribution in [3.05, 3.63) is 81.8 Å².